The lowest BCUT2D eigenvalue weighted by molar-refractivity contribution is -0.384. The van der Waals surface area contributed by atoms with Crippen LogP contribution in [-0.2, 0) is 11.3 Å². The Morgan fingerprint density at radius 2 is 1.78 bits per heavy atom. The number of carbonyl (C=O) groups excluding carboxylic acids is 2. The average molecular weight is 444 g/mol. The van der Waals surface area contributed by atoms with Crippen molar-refractivity contribution in [2.75, 3.05) is 0 Å². The molecule has 1 aliphatic rings. The van der Waals surface area contributed by atoms with Crippen LogP contribution in [0.3, 0.4) is 0 Å². The molecule has 0 radical (unpaired) electrons. The summed E-state index contributed by atoms with van der Waals surface area (Å²) >= 11 is 18.7. The third-order valence-electron chi connectivity index (χ3n) is 3.71. The molecule has 0 N–H and O–H groups in total. The van der Waals surface area contributed by atoms with Crippen molar-refractivity contribution in [3.63, 3.8) is 0 Å². The maximum absolute atomic E-state index is 12.6. The van der Waals surface area contributed by atoms with Gasteiger partial charge in [-0.3, -0.25) is 24.6 Å². The molecule has 2 aromatic carbocycles. The molecule has 0 spiro atoms. The minimum atomic E-state index is -0.654. The molecule has 1 aliphatic heterocycles. The monoisotopic (exact) mass is 442 g/mol. The molecule has 10 heteroatoms. The van der Waals surface area contributed by atoms with Crippen molar-refractivity contribution in [2.45, 2.75) is 6.54 Å². The molecule has 0 atom stereocenters. The van der Waals surface area contributed by atoms with Crippen LogP contribution in [0.2, 0.25) is 15.1 Å². The first kappa shape index (κ1) is 19.7. The van der Waals surface area contributed by atoms with Gasteiger partial charge in [-0.05, 0) is 35.5 Å². The summed E-state index contributed by atoms with van der Waals surface area (Å²) in [4.78, 5) is 36.4. The van der Waals surface area contributed by atoms with E-state index in [0.29, 0.717) is 10.6 Å². The number of halogens is 3. The second-order valence-electron chi connectivity index (χ2n) is 5.44. The van der Waals surface area contributed by atoms with Crippen molar-refractivity contribution in [3.05, 3.63) is 77.6 Å². The molecule has 2 aromatic rings. The van der Waals surface area contributed by atoms with Crippen LogP contribution in [0.5, 0.6) is 0 Å². The summed E-state index contributed by atoms with van der Waals surface area (Å²) in [6.45, 7) is 0.0240. The molecule has 0 bridgehead atoms. The molecular weight excluding hydrogens is 435 g/mol. The number of benzene rings is 2. The summed E-state index contributed by atoms with van der Waals surface area (Å²) in [5.41, 5.74) is 0.501. The van der Waals surface area contributed by atoms with Gasteiger partial charge in [0, 0.05) is 21.7 Å². The smallest absolute Gasteiger partial charge is 0.268 e. The van der Waals surface area contributed by atoms with Gasteiger partial charge >= 0.3 is 0 Å². The van der Waals surface area contributed by atoms with Crippen LogP contribution in [0.15, 0.2) is 41.3 Å². The molecule has 0 aromatic heterocycles. The Kier molecular flexibility index (Phi) is 5.76. The minimum absolute atomic E-state index is 0.0240. The van der Waals surface area contributed by atoms with E-state index in [9.17, 15) is 19.7 Å². The van der Waals surface area contributed by atoms with E-state index in [2.05, 4.69) is 0 Å². The molecule has 1 saturated heterocycles. The van der Waals surface area contributed by atoms with Gasteiger partial charge in [0.2, 0.25) is 0 Å². The summed E-state index contributed by atoms with van der Waals surface area (Å²) in [6.07, 6.45) is 1.34. The Balaban J connectivity index is 1.92. The molecule has 27 heavy (non-hydrogen) atoms. The highest BCUT2D eigenvalue weighted by Crippen LogP contribution is 2.37. The van der Waals surface area contributed by atoms with E-state index in [1.54, 1.807) is 24.3 Å². The Labute approximate surface area is 172 Å². The van der Waals surface area contributed by atoms with Crippen LogP contribution in [0, 0.1) is 10.1 Å². The third-order valence-corrected chi connectivity index (χ3v) is 5.62. The van der Waals surface area contributed by atoms with Crippen molar-refractivity contribution in [3.8, 4) is 0 Å². The zero-order valence-corrected chi connectivity index (χ0v) is 16.4. The summed E-state index contributed by atoms with van der Waals surface area (Å²) in [5, 5.41) is 11.0. The van der Waals surface area contributed by atoms with Gasteiger partial charge in [-0.2, -0.15) is 0 Å². The fourth-order valence-electron chi connectivity index (χ4n) is 2.38. The lowest BCUT2D eigenvalue weighted by Gasteiger charge is -2.13. The average Bonchev–Trinajstić information content (AvgIpc) is 2.86. The van der Waals surface area contributed by atoms with E-state index < -0.39 is 16.1 Å². The van der Waals surface area contributed by atoms with Crippen LogP contribution in [0.4, 0.5) is 10.5 Å². The largest absolute Gasteiger partial charge is 0.293 e. The zero-order valence-electron chi connectivity index (χ0n) is 13.3. The molecule has 138 valence electrons. The number of nitrogens with zero attached hydrogens (tertiary/aromatic N) is 2. The zero-order chi connectivity index (χ0) is 19.7. The van der Waals surface area contributed by atoms with E-state index in [-0.39, 0.29) is 32.7 Å². The molecular formula is C17H9Cl3N2O4S. The summed E-state index contributed by atoms with van der Waals surface area (Å²) in [5.74, 6) is -0.529. The first-order chi connectivity index (χ1) is 12.8. The number of amides is 2. The molecule has 0 unspecified atom stereocenters. The van der Waals surface area contributed by atoms with Gasteiger partial charge in [0.15, 0.2) is 0 Å². The van der Waals surface area contributed by atoms with Crippen LogP contribution < -0.4 is 0 Å². The molecule has 2 amide bonds. The Morgan fingerprint density at radius 1 is 1.07 bits per heavy atom. The van der Waals surface area contributed by atoms with E-state index in [4.69, 9.17) is 34.8 Å². The van der Waals surface area contributed by atoms with Gasteiger partial charge in [-0.15, -0.1) is 0 Å². The highest BCUT2D eigenvalue weighted by Gasteiger charge is 2.35. The predicted molar refractivity (Wildman–Crippen MR) is 106 cm³/mol. The van der Waals surface area contributed by atoms with Gasteiger partial charge < -0.3 is 0 Å². The van der Waals surface area contributed by atoms with Crippen molar-refractivity contribution in [1.82, 2.24) is 4.90 Å². The number of hydrogen-bond acceptors (Lipinski definition) is 5. The first-order valence-corrected chi connectivity index (χ1v) is 9.35. The summed E-state index contributed by atoms with van der Waals surface area (Å²) < 4.78 is 0. The van der Waals surface area contributed by atoms with Crippen LogP contribution in [-0.4, -0.2) is 21.0 Å². The van der Waals surface area contributed by atoms with E-state index in [0.717, 1.165) is 22.7 Å². The van der Waals surface area contributed by atoms with Crippen LogP contribution in [0.1, 0.15) is 11.1 Å². The third kappa shape index (κ3) is 4.11. The fourth-order valence-corrected chi connectivity index (χ4v) is 3.91. The molecule has 3 rings (SSSR count). The number of imide groups is 1. The normalized spacial score (nSPS) is 15.7. The van der Waals surface area contributed by atoms with E-state index in [1.165, 1.54) is 12.1 Å². The number of rotatable bonds is 4. The number of hydrogen-bond donors (Lipinski definition) is 0. The molecule has 1 heterocycles. The maximum atomic E-state index is 12.6. The molecule has 0 saturated carbocycles. The standard InChI is InChI=1S/C17H9Cl3N2O4S/c18-11-4-2-1-3-9(11)8-21-16(23)15(27-17(21)24)6-10-5-14(22(25)26)13(20)7-12(10)19/h1-7H,8H2/b15-6-. The first-order valence-electron chi connectivity index (χ1n) is 7.40. The lowest BCUT2D eigenvalue weighted by Crippen LogP contribution is -2.27. The number of nitro groups is 1. The Hall–Kier alpha value is -2.06. The number of nitro benzene ring substituents is 1. The molecule has 6 nitrogen and oxygen atoms in total. The Bertz CT molecular complexity index is 1010. The van der Waals surface area contributed by atoms with Gasteiger partial charge in [0.05, 0.1) is 16.4 Å². The minimum Gasteiger partial charge on any atom is -0.268 e. The second-order valence-corrected chi connectivity index (χ2v) is 7.66. The van der Waals surface area contributed by atoms with Gasteiger partial charge in [-0.25, -0.2) is 0 Å². The molecule has 1 fully saturated rings. The lowest BCUT2D eigenvalue weighted by atomic mass is 10.1. The molecule has 0 aliphatic carbocycles. The van der Waals surface area contributed by atoms with Crippen LogP contribution >= 0.6 is 46.6 Å². The summed E-state index contributed by atoms with van der Waals surface area (Å²) in [6, 6.07) is 9.26. The topological polar surface area (TPSA) is 80.5 Å². The maximum Gasteiger partial charge on any atom is 0.293 e. The number of thioether (sulfide) groups is 1. The Morgan fingerprint density at radius 3 is 2.44 bits per heavy atom. The van der Waals surface area contributed by atoms with Crippen molar-refractivity contribution >= 4 is 69.5 Å². The van der Waals surface area contributed by atoms with Crippen molar-refractivity contribution < 1.29 is 14.5 Å². The van der Waals surface area contributed by atoms with Gasteiger partial charge in [0.25, 0.3) is 16.8 Å². The SMILES string of the molecule is O=C1S/C(=C\c2cc([N+](=O)[O-])c(Cl)cc2Cl)C(=O)N1Cc1ccccc1Cl. The fraction of sp³-hybridized carbons (Fsp3) is 0.0588. The van der Waals surface area contributed by atoms with Gasteiger partial charge in [-0.1, -0.05) is 53.0 Å². The van der Waals surface area contributed by atoms with Crippen molar-refractivity contribution in [1.29, 1.82) is 0 Å². The van der Waals surface area contributed by atoms with Crippen molar-refractivity contribution in [2.24, 2.45) is 0 Å². The highest BCUT2D eigenvalue weighted by molar-refractivity contribution is 8.18. The van der Waals surface area contributed by atoms with Crippen LogP contribution in [0.25, 0.3) is 6.08 Å². The van der Waals surface area contributed by atoms with Gasteiger partial charge in [0.1, 0.15) is 5.02 Å². The van der Waals surface area contributed by atoms with E-state index in [1.807, 2.05) is 0 Å². The number of carbonyl (C=O) groups is 2. The highest BCUT2D eigenvalue weighted by atomic mass is 35.5. The quantitative estimate of drug-likeness (QED) is 0.339. The predicted octanol–water partition coefficient (Wildman–Crippen LogP) is 5.79. The second kappa shape index (κ2) is 7.90. The van der Waals surface area contributed by atoms with E-state index >= 15 is 0 Å². The summed E-state index contributed by atoms with van der Waals surface area (Å²) in [7, 11) is 0.